The molecule has 7 aromatic rings. The van der Waals surface area contributed by atoms with Crippen molar-refractivity contribution in [2.24, 2.45) is 0 Å². The molecule has 0 saturated heterocycles. The fraction of sp³-hybridized carbons (Fsp3) is 0.0833. The summed E-state index contributed by atoms with van der Waals surface area (Å²) in [5.41, 5.74) is 13.1. The van der Waals surface area contributed by atoms with Crippen molar-refractivity contribution in [1.82, 2.24) is 19.9 Å². The zero-order valence-electron chi connectivity index (χ0n) is 32.6. The van der Waals surface area contributed by atoms with Gasteiger partial charge in [0, 0.05) is 44.5 Å². The predicted octanol–water partition coefficient (Wildman–Crippen LogP) is 5.18. The van der Waals surface area contributed by atoms with Crippen LogP contribution >= 0.6 is 0 Å². The Labute approximate surface area is 366 Å². The molecule has 2 N–H and O–H groups in total. The topological polar surface area (TPSA) is 94.3 Å². The Hall–Kier alpha value is -6.22. The molecule has 0 amide bonds. The summed E-state index contributed by atoms with van der Waals surface area (Å²) in [7, 11) is 6.68. The Balaban J connectivity index is 0.000000541. The fourth-order valence-electron chi connectivity index (χ4n) is 6.82. The molecule has 1 radical (unpaired) electrons. The summed E-state index contributed by atoms with van der Waals surface area (Å²) in [4.78, 5) is 17.9. The molecular weight excluding hydrogens is 823 g/mol. The number of rotatable bonds is 7. The van der Waals surface area contributed by atoms with E-state index in [0.717, 1.165) is 101 Å². The number of aromatic amines is 2. The number of aromatic nitrogens is 4. The maximum atomic E-state index is 5.48. The molecule has 0 atom stereocenters. The van der Waals surface area contributed by atoms with E-state index in [1.54, 1.807) is 28.4 Å². The zero-order valence-corrected chi connectivity index (χ0v) is 35.2. The summed E-state index contributed by atoms with van der Waals surface area (Å²) in [5.74, 6) is 3.26. The Bertz CT molecular complexity index is 2590. The SMILES string of the molecule is COc1cc[c-]cc1.COc1ccc(-c2c3nc(c(-c4ccc(OC)cc4)c4ccc(cc5ccc([nH]5)c(-c5ccc(OC)cc5)c5nc2C=C5)[nH]4)C=C3)cc1.[Cl-].[Cl-].[Fe+3]. The summed E-state index contributed by atoms with van der Waals surface area (Å²) < 4.78 is 21.3. The van der Waals surface area contributed by atoms with E-state index in [9.17, 15) is 0 Å². The van der Waals surface area contributed by atoms with Gasteiger partial charge in [-0.25, -0.2) is 9.97 Å². The van der Waals surface area contributed by atoms with Gasteiger partial charge in [0.1, 0.15) is 17.2 Å². The number of halogens is 2. The molecule has 297 valence electrons. The van der Waals surface area contributed by atoms with Crippen LogP contribution in [0.4, 0.5) is 0 Å². The van der Waals surface area contributed by atoms with E-state index in [2.05, 4.69) is 107 Å². The minimum absolute atomic E-state index is 0. The third-order valence-corrected chi connectivity index (χ3v) is 9.63. The molecule has 0 unspecified atom stereocenters. The zero-order chi connectivity index (χ0) is 38.4. The molecule has 0 aliphatic carbocycles. The molecule has 8 bridgehead atoms. The Morgan fingerprint density at radius 1 is 0.407 bits per heavy atom. The van der Waals surface area contributed by atoms with Gasteiger partial charge >= 0.3 is 17.1 Å². The van der Waals surface area contributed by atoms with Gasteiger partial charge in [-0.2, -0.15) is 18.2 Å². The quantitative estimate of drug-likeness (QED) is 0.170. The van der Waals surface area contributed by atoms with Gasteiger partial charge in [0.25, 0.3) is 0 Å². The van der Waals surface area contributed by atoms with Crippen LogP contribution in [0.1, 0.15) is 22.8 Å². The molecule has 11 heteroatoms. The van der Waals surface area contributed by atoms with E-state index >= 15 is 0 Å². The largest absolute Gasteiger partial charge is 3.00 e. The van der Waals surface area contributed by atoms with Crippen LogP contribution < -0.4 is 43.8 Å². The number of hydrogen-bond acceptors (Lipinski definition) is 6. The summed E-state index contributed by atoms with van der Waals surface area (Å²) in [6.07, 6.45) is 8.31. The minimum Gasteiger partial charge on any atom is -1.00 e. The molecule has 0 saturated carbocycles. The number of nitrogens with one attached hydrogen (secondary N) is 2. The third-order valence-electron chi connectivity index (χ3n) is 9.63. The van der Waals surface area contributed by atoms with Crippen molar-refractivity contribution in [3.8, 4) is 56.4 Å². The average Bonchev–Trinajstić information content (AvgIpc) is 4.10. The van der Waals surface area contributed by atoms with Gasteiger partial charge in [0.2, 0.25) is 0 Å². The molecule has 9 rings (SSSR count). The van der Waals surface area contributed by atoms with Crippen molar-refractivity contribution in [1.29, 1.82) is 0 Å². The van der Waals surface area contributed by atoms with Crippen molar-refractivity contribution in [2.75, 3.05) is 28.4 Å². The molecule has 5 heterocycles. The van der Waals surface area contributed by atoms with Crippen molar-refractivity contribution in [2.45, 2.75) is 0 Å². The number of benzene rings is 4. The molecule has 59 heavy (non-hydrogen) atoms. The molecular formula is C48H39Cl2FeN4O4. The molecule has 0 spiro atoms. The molecule has 0 fully saturated rings. The van der Waals surface area contributed by atoms with Gasteiger partial charge in [-0.05, 0) is 108 Å². The number of ether oxygens (including phenoxy) is 4. The second kappa shape index (κ2) is 20.0. The summed E-state index contributed by atoms with van der Waals surface area (Å²) in [6, 6.07) is 45.0. The van der Waals surface area contributed by atoms with Gasteiger partial charge in [0.05, 0.1) is 51.2 Å². The van der Waals surface area contributed by atoms with Crippen LogP contribution in [0.15, 0.2) is 127 Å². The number of fused-ring (bicyclic) bond motifs is 8. The first kappa shape index (κ1) is 43.9. The standard InChI is InChI=1S/C41H32N4O3.C7H7O.2ClH.Fe/c1-46-30-12-4-25(5-13-30)39-33-18-10-28(42-33)24-29-11-19-34(43-29)40(26-6-14-31(47-2)15-7-26)36-21-23-38(45-36)41(37-22-20-35(39)44-37)27-8-16-32(48-3)17-9-27;1-8-7-5-3-2-4-6-7;;;/h4-24,42-43H,1-3H3;3-6H,1H3;2*1H;/q;-1;;;+3/p-2. The van der Waals surface area contributed by atoms with Crippen LogP contribution in [0.5, 0.6) is 23.0 Å². The molecule has 4 aromatic carbocycles. The summed E-state index contributed by atoms with van der Waals surface area (Å²) >= 11 is 0. The van der Waals surface area contributed by atoms with Gasteiger partial charge in [0.15, 0.2) is 0 Å². The first-order valence-corrected chi connectivity index (χ1v) is 18.1. The van der Waals surface area contributed by atoms with Crippen molar-refractivity contribution < 1.29 is 60.8 Å². The molecule has 2 aliphatic heterocycles. The summed E-state index contributed by atoms with van der Waals surface area (Å²) in [6.45, 7) is 0. The van der Waals surface area contributed by atoms with Crippen molar-refractivity contribution in [3.05, 3.63) is 156 Å². The van der Waals surface area contributed by atoms with Crippen LogP contribution in [0.3, 0.4) is 0 Å². The second-order valence-corrected chi connectivity index (χ2v) is 13.0. The second-order valence-electron chi connectivity index (χ2n) is 13.0. The van der Waals surface area contributed by atoms with E-state index < -0.39 is 0 Å². The number of nitrogens with zero attached hydrogens (tertiary/aromatic N) is 2. The van der Waals surface area contributed by atoms with Crippen molar-refractivity contribution >= 4 is 46.4 Å². The normalized spacial score (nSPS) is 10.8. The first-order chi connectivity index (χ1) is 27.5. The number of methoxy groups -OCH3 is 4. The van der Waals surface area contributed by atoms with Crippen LogP contribution in [-0.2, 0) is 17.1 Å². The van der Waals surface area contributed by atoms with Crippen molar-refractivity contribution in [3.63, 3.8) is 0 Å². The van der Waals surface area contributed by atoms with Gasteiger partial charge in [-0.1, -0.05) is 36.4 Å². The van der Waals surface area contributed by atoms with E-state index in [0.29, 0.717) is 0 Å². The Morgan fingerprint density at radius 3 is 1.07 bits per heavy atom. The fourth-order valence-corrected chi connectivity index (χ4v) is 6.82. The third kappa shape index (κ3) is 9.57. The van der Waals surface area contributed by atoms with E-state index in [-0.39, 0.29) is 41.9 Å². The van der Waals surface area contributed by atoms with Crippen LogP contribution in [0, 0.1) is 6.07 Å². The first-order valence-electron chi connectivity index (χ1n) is 18.1. The Morgan fingerprint density at radius 2 is 0.729 bits per heavy atom. The molecule has 2 aliphatic rings. The van der Waals surface area contributed by atoms with Crippen LogP contribution in [0.25, 0.3) is 79.8 Å². The van der Waals surface area contributed by atoms with Crippen LogP contribution in [-0.4, -0.2) is 48.4 Å². The van der Waals surface area contributed by atoms with E-state index in [1.165, 1.54) is 0 Å². The Kier molecular flexibility index (Phi) is 14.9. The monoisotopic (exact) mass is 861 g/mol. The molecule has 3 aromatic heterocycles. The van der Waals surface area contributed by atoms with E-state index in [1.807, 2.05) is 60.7 Å². The van der Waals surface area contributed by atoms with E-state index in [4.69, 9.17) is 28.9 Å². The number of hydrogen-bond donors (Lipinski definition) is 2. The summed E-state index contributed by atoms with van der Waals surface area (Å²) in [5, 5.41) is 0. The maximum absolute atomic E-state index is 5.48. The van der Waals surface area contributed by atoms with Gasteiger partial charge in [-0.3, -0.25) is 0 Å². The molecule has 8 nitrogen and oxygen atoms in total. The smallest absolute Gasteiger partial charge is 1.00 e. The predicted molar refractivity (Wildman–Crippen MR) is 227 cm³/mol. The van der Waals surface area contributed by atoms with Crippen LogP contribution in [0.2, 0.25) is 0 Å². The van der Waals surface area contributed by atoms with Gasteiger partial charge < -0.3 is 53.7 Å². The number of H-pyrrole nitrogens is 2. The maximum Gasteiger partial charge on any atom is 3.00 e. The average molecular weight is 863 g/mol. The van der Waals surface area contributed by atoms with Gasteiger partial charge in [-0.15, -0.1) is 12.1 Å². The minimum atomic E-state index is 0.